The van der Waals surface area contributed by atoms with Gasteiger partial charge in [-0.25, -0.2) is 4.79 Å². The summed E-state index contributed by atoms with van der Waals surface area (Å²) in [6, 6.07) is 9.37. The van der Waals surface area contributed by atoms with E-state index in [0.29, 0.717) is 56.0 Å². The lowest BCUT2D eigenvalue weighted by atomic mass is 10.1. The van der Waals surface area contributed by atoms with Crippen LogP contribution in [0.15, 0.2) is 47.3 Å². The molecule has 0 spiro atoms. The first-order chi connectivity index (χ1) is 15.5. The van der Waals surface area contributed by atoms with Crippen LogP contribution in [0.2, 0.25) is 0 Å². The molecule has 1 aliphatic heterocycles. The van der Waals surface area contributed by atoms with Gasteiger partial charge in [-0.3, -0.25) is 14.0 Å². The Morgan fingerprint density at radius 2 is 1.76 bits per heavy atom. The lowest BCUT2D eigenvalue weighted by Crippen LogP contribution is -2.47. The van der Waals surface area contributed by atoms with Crippen LogP contribution in [0.5, 0.6) is 5.75 Å². The first-order valence-corrected chi connectivity index (χ1v) is 11.4. The number of anilines is 1. The molecular weight excluding hydrogens is 465 g/mol. The fourth-order valence-corrected chi connectivity index (χ4v) is 4.22. The number of piperazine rings is 1. The summed E-state index contributed by atoms with van der Waals surface area (Å²) in [6.45, 7) is 3.09. The Bertz CT molecular complexity index is 1310. The van der Waals surface area contributed by atoms with Gasteiger partial charge < -0.3 is 14.1 Å². The van der Waals surface area contributed by atoms with Crippen LogP contribution in [0.25, 0.3) is 11.0 Å². The number of nitrogens with one attached hydrogen (secondary N) is 1. The van der Waals surface area contributed by atoms with Crippen molar-refractivity contribution >= 4 is 27.1 Å². The van der Waals surface area contributed by atoms with E-state index in [0.717, 1.165) is 12.1 Å². The molecule has 1 aliphatic rings. The minimum atomic E-state index is -4.69. The summed E-state index contributed by atoms with van der Waals surface area (Å²) in [5.41, 5.74) is 0.361. The Balaban J connectivity index is 1.40. The Hall–Kier alpha value is -3.03. The zero-order valence-electron chi connectivity index (χ0n) is 17.2. The van der Waals surface area contributed by atoms with Crippen molar-refractivity contribution < 1.29 is 30.3 Å². The van der Waals surface area contributed by atoms with E-state index in [1.807, 2.05) is 4.90 Å². The molecule has 0 unspecified atom stereocenters. The molecule has 4 rings (SSSR count). The number of nitrogens with zero attached hydrogens (tertiary/aromatic N) is 3. The van der Waals surface area contributed by atoms with Crippen LogP contribution in [-0.4, -0.2) is 60.1 Å². The Morgan fingerprint density at radius 3 is 2.42 bits per heavy atom. The van der Waals surface area contributed by atoms with Crippen LogP contribution in [0.4, 0.5) is 18.9 Å². The number of imidazole rings is 1. The highest BCUT2D eigenvalue weighted by Gasteiger charge is 2.31. The molecule has 0 atom stereocenters. The van der Waals surface area contributed by atoms with Gasteiger partial charge in [0.05, 0.1) is 16.6 Å². The first-order valence-electron chi connectivity index (χ1n) is 10.0. The second-order valence-electron chi connectivity index (χ2n) is 7.65. The summed E-state index contributed by atoms with van der Waals surface area (Å²) in [4.78, 5) is 19.0. The predicted molar refractivity (Wildman–Crippen MR) is 115 cm³/mol. The van der Waals surface area contributed by atoms with Crippen molar-refractivity contribution in [2.45, 2.75) is 12.7 Å². The number of hydrogen-bond donors (Lipinski definition) is 2. The van der Waals surface area contributed by atoms with E-state index in [9.17, 15) is 26.4 Å². The number of hydrogen-bond acceptors (Lipinski definition) is 6. The fourth-order valence-electron chi connectivity index (χ4n) is 3.88. The maximum absolute atomic E-state index is 13.0. The molecule has 178 valence electrons. The van der Waals surface area contributed by atoms with Gasteiger partial charge >= 0.3 is 22.3 Å². The summed E-state index contributed by atoms with van der Waals surface area (Å²) in [5, 5.41) is 0. The maximum atomic E-state index is 13.0. The van der Waals surface area contributed by atoms with Gasteiger partial charge in [0.25, 0.3) is 0 Å². The van der Waals surface area contributed by atoms with E-state index in [-0.39, 0.29) is 11.4 Å². The average molecular weight is 486 g/mol. The number of aromatic nitrogens is 2. The average Bonchev–Trinajstić information content (AvgIpc) is 3.05. The molecule has 33 heavy (non-hydrogen) atoms. The van der Waals surface area contributed by atoms with Crippen LogP contribution in [0.1, 0.15) is 5.56 Å². The molecule has 0 radical (unpaired) electrons. The van der Waals surface area contributed by atoms with Crippen LogP contribution in [-0.2, 0) is 23.1 Å². The highest BCUT2D eigenvalue weighted by molar-refractivity contribution is 7.81. The molecular formula is C20H21F3N4O5S. The molecule has 1 fully saturated rings. The SMILES string of the molecule is O=c1[nH]c2ccc(OS(=O)(=O)O)cc2n1CCN1CCN(c2cccc(C(F)(F)F)c2)CC1. The van der Waals surface area contributed by atoms with E-state index in [2.05, 4.69) is 14.1 Å². The smallest absolute Gasteiger partial charge is 0.369 e. The Morgan fingerprint density at radius 1 is 1.03 bits per heavy atom. The number of aromatic amines is 1. The zero-order valence-corrected chi connectivity index (χ0v) is 18.1. The summed E-state index contributed by atoms with van der Waals surface area (Å²) >= 11 is 0. The minimum absolute atomic E-state index is 0.132. The molecule has 2 heterocycles. The molecule has 1 saturated heterocycles. The molecule has 9 nitrogen and oxygen atoms in total. The quantitative estimate of drug-likeness (QED) is 0.515. The summed E-state index contributed by atoms with van der Waals surface area (Å²) in [6.07, 6.45) is -4.39. The second-order valence-corrected chi connectivity index (χ2v) is 8.67. The van der Waals surface area contributed by atoms with Crippen LogP contribution < -0.4 is 14.8 Å². The highest BCUT2D eigenvalue weighted by atomic mass is 32.3. The van der Waals surface area contributed by atoms with Crippen molar-refractivity contribution in [2.75, 3.05) is 37.6 Å². The third kappa shape index (κ3) is 5.49. The Kier molecular flexibility index (Phi) is 6.12. The topological polar surface area (TPSA) is 108 Å². The maximum Gasteiger partial charge on any atom is 0.446 e. The largest absolute Gasteiger partial charge is 0.446 e. The van der Waals surface area contributed by atoms with Gasteiger partial charge in [-0.15, -0.1) is 0 Å². The van der Waals surface area contributed by atoms with Crippen LogP contribution in [0.3, 0.4) is 0 Å². The van der Waals surface area contributed by atoms with Crippen molar-refractivity contribution in [1.29, 1.82) is 0 Å². The standard InChI is InChI=1S/C20H21F3N4O5S/c21-20(22,23)14-2-1-3-15(12-14)26-9-6-25(7-10-26)8-11-27-18-13-16(32-33(29,30)31)4-5-17(18)24-19(27)28/h1-5,12-13H,6-11H2,(H,24,28)(H,29,30,31). The summed E-state index contributed by atoms with van der Waals surface area (Å²) in [7, 11) is -4.69. The lowest BCUT2D eigenvalue weighted by Gasteiger charge is -2.36. The number of H-pyrrole nitrogens is 1. The van der Waals surface area contributed by atoms with E-state index in [4.69, 9.17) is 4.55 Å². The number of fused-ring (bicyclic) bond motifs is 1. The van der Waals surface area contributed by atoms with Gasteiger partial charge in [0.2, 0.25) is 0 Å². The molecule has 3 aromatic rings. The minimum Gasteiger partial charge on any atom is -0.369 e. The van der Waals surface area contributed by atoms with Crippen LogP contribution in [0, 0.1) is 0 Å². The van der Waals surface area contributed by atoms with Gasteiger partial charge in [-0.05, 0) is 30.3 Å². The van der Waals surface area contributed by atoms with Crippen molar-refractivity contribution in [3.63, 3.8) is 0 Å². The number of rotatable bonds is 6. The monoisotopic (exact) mass is 486 g/mol. The summed E-state index contributed by atoms with van der Waals surface area (Å²) < 4.78 is 75.6. The molecule has 0 saturated carbocycles. The van der Waals surface area contributed by atoms with E-state index in [1.165, 1.54) is 28.8 Å². The van der Waals surface area contributed by atoms with Gasteiger partial charge in [0.1, 0.15) is 5.75 Å². The fraction of sp³-hybridized carbons (Fsp3) is 0.350. The number of benzene rings is 2. The number of alkyl halides is 3. The molecule has 13 heteroatoms. The molecule has 2 aromatic carbocycles. The van der Waals surface area contributed by atoms with Gasteiger partial charge in [0, 0.05) is 51.0 Å². The first kappa shape index (κ1) is 23.1. The zero-order chi connectivity index (χ0) is 23.8. The van der Waals surface area contributed by atoms with Crippen molar-refractivity contribution in [1.82, 2.24) is 14.5 Å². The molecule has 2 N–H and O–H groups in total. The van der Waals surface area contributed by atoms with E-state index in [1.54, 1.807) is 6.07 Å². The van der Waals surface area contributed by atoms with E-state index < -0.39 is 22.1 Å². The predicted octanol–water partition coefficient (Wildman–Crippen LogP) is 2.35. The van der Waals surface area contributed by atoms with Crippen molar-refractivity contribution in [2.24, 2.45) is 0 Å². The van der Waals surface area contributed by atoms with Gasteiger partial charge in [-0.2, -0.15) is 21.6 Å². The lowest BCUT2D eigenvalue weighted by molar-refractivity contribution is -0.137. The van der Waals surface area contributed by atoms with Crippen molar-refractivity contribution in [3.05, 3.63) is 58.5 Å². The molecule has 0 amide bonds. The second kappa shape index (κ2) is 8.72. The highest BCUT2D eigenvalue weighted by Crippen LogP contribution is 2.32. The normalized spacial score (nSPS) is 15.8. The number of halogens is 3. The third-order valence-corrected chi connectivity index (χ3v) is 5.90. The van der Waals surface area contributed by atoms with Crippen LogP contribution >= 0.6 is 0 Å². The molecule has 0 aliphatic carbocycles. The summed E-state index contributed by atoms with van der Waals surface area (Å²) in [5.74, 6) is -0.132. The molecule has 0 bridgehead atoms. The Labute approximate surface area is 186 Å². The van der Waals surface area contributed by atoms with Crippen molar-refractivity contribution in [3.8, 4) is 5.75 Å². The third-order valence-electron chi connectivity index (χ3n) is 5.50. The van der Waals surface area contributed by atoms with Gasteiger partial charge in [0.15, 0.2) is 0 Å². The molecule has 1 aromatic heterocycles. The van der Waals surface area contributed by atoms with Gasteiger partial charge in [-0.1, -0.05) is 6.07 Å². The van der Waals surface area contributed by atoms with E-state index >= 15 is 0 Å².